The van der Waals surface area contributed by atoms with Crippen LogP contribution in [0.25, 0.3) is 33.4 Å². The smallest absolute Gasteiger partial charge is 0.199 e. The molecule has 4 nitrogen and oxygen atoms in total. The predicted molar refractivity (Wildman–Crippen MR) is 125 cm³/mol. The van der Waals surface area contributed by atoms with Crippen molar-refractivity contribution in [1.82, 2.24) is 0 Å². The van der Waals surface area contributed by atoms with Crippen molar-refractivity contribution in [2.75, 3.05) is 0 Å². The lowest BCUT2D eigenvalue weighted by Crippen LogP contribution is -1.98. The molecule has 0 saturated carbocycles. The summed E-state index contributed by atoms with van der Waals surface area (Å²) in [6.45, 7) is 0. The zero-order chi connectivity index (χ0) is 21.1. The maximum atomic E-state index is 9.27. The summed E-state index contributed by atoms with van der Waals surface area (Å²) in [4.78, 5) is 37.1. The van der Waals surface area contributed by atoms with Crippen LogP contribution in [0.4, 0.5) is 0 Å². The summed E-state index contributed by atoms with van der Waals surface area (Å²) in [5.74, 6) is 0. The van der Waals surface area contributed by atoms with E-state index in [0.717, 1.165) is 33.4 Å². The van der Waals surface area contributed by atoms with E-state index in [1.165, 1.54) is 0 Å². The molecule has 30 heavy (non-hydrogen) atoms. The molecule has 150 valence electrons. The first-order chi connectivity index (χ1) is 14.5. The van der Waals surface area contributed by atoms with Gasteiger partial charge in [0.1, 0.15) is 0 Å². The first-order valence-corrected chi connectivity index (χ1v) is 11.8. The molecule has 0 spiro atoms. The zero-order valence-corrected chi connectivity index (χ0v) is 17.7. The zero-order valence-electron chi connectivity index (χ0n) is 15.9. The Hall–Kier alpha value is -2.42. The van der Waals surface area contributed by atoms with Gasteiger partial charge in [-0.1, -0.05) is 72.8 Å². The van der Waals surface area contributed by atoms with Crippen LogP contribution in [0.15, 0.2) is 97.1 Å². The van der Waals surface area contributed by atoms with Crippen LogP contribution in [0, 0.1) is 0 Å². The fourth-order valence-corrected chi connectivity index (χ4v) is 4.12. The van der Waals surface area contributed by atoms with Crippen LogP contribution in [0.3, 0.4) is 0 Å². The molecule has 0 heterocycles. The van der Waals surface area contributed by atoms with E-state index in [9.17, 15) is 19.6 Å². The van der Waals surface area contributed by atoms with Gasteiger partial charge in [0.2, 0.25) is 0 Å². The third kappa shape index (κ3) is 4.66. The molecule has 0 aliphatic heterocycles. The van der Waals surface area contributed by atoms with Crippen LogP contribution in [0.1, 0.15) is 0 Å². The van der Waals surface area contributed by atoms with E-state index in [1.807, 2.05) is 24.3 Å². The Kier molecular flexibility index (Phi) is 6.36. The molecule has 0 saturated heterocycles. The fraction of sp³-hybridized carbons (Fsp3) is 0. The van der Waals surface area contributed by atoms with Gasteiger partial charge < -0.3 is 19.6 Å². The molecule has 4 aromatic carbocycles. The molecule has 0 aliphatic rings. The van der Waals surface area contributed by atoms with Crippen LogP contribution in [-0.4, -0.2) is 19.6 Å². The summed E-state index contributed by atoms with van der Waals surface area (Å²) in [6, 6.07) is 31.0. The molecule has 0 aromatic heterocycles. The third-order valence-corrected chi connectivity index (χ3v) is 6.49. The molecule has 0 amide bonds. The molecule has 4 aromatic rings. The van der Waals surface area contributed by atoms with Gasteiger partial charge in [0, 0.05) is 10.6 Å². The minimum atomic E-state index is -2.06. The highest BCUT2D eigenvalue weighted by molar-refractivity contribution is 7.54. The Bertz CT molecular complexity index is 1010. The van der Waals surface area contributed by atoms with Gasteiger partial charge in [0.05, 0.1) is 0 Å². The fourth-order valence-electron chi connectivity index (χ4n) is 3.28. The molecule has 0 bridgehead atoms. The van der Waals surface area contributed by atoms with Crippen LogP contribution in [-0.2, 0) is 0 Å². The largest absolute Gasteiger partial charge is 0.347 e. The maximum absolute atomic E-state index is 9.27. The predicted octanol–water partition coefficient (Wildman–Crippen LogP) is 4.53. The van der Waals surface area contributed by atoms with E-state index in [1.54, 1.807) is 24.3 Å². The summed E-state index contributed by atoms with van der Waals surface area (Å²) in [5.41, 5.74) is 6.39. The highest BCUT2D eigenvalue weighted by Gasteiger charge is 2.06. The SMILES string of the molecule is OP(O)c1ccc(-c2ccc(-c3ccc(-c4ccc(P(O)O)cc4)cc3)cc2)cc1. The summed E-state index contributed by atoms with van der Waals surface area (Å²) in [6.07, 6.45) is 0. The molecular weight excluding hydrogens is 414 g/mol. The second-order valence-corrected chi connectivity index (χ2v) is 9.02. The van der Waals surface area contributed by atoms with Crippen molar-refractivity contribution < 1.29 is 19.6 Å². The second kappa shape index (κ2) is 9.16. The molecular formula is C24H20O4P2. The van der Waals surface area contributed by atoms with Crippen molar-refractivity contribution in [3.05, 3.63) is 97.1 Å². The summed E-state index contributed by atoms with van der Waals surface area (Å²) in [7, 11) is -4.12. The Morgan fingerprint density at radius 3 is 0.633 bits per heavy atom. The van der Waals surface area contributed by atoms with Crippen molar-refractivity contribution in [3.63, 3.8) is 0 Å². The van der Waals surface area contributed by atoms with E-state index in [0.29, 0.717) is 10.6 Å². The van der Waals surface area contributed by atoms with Crippen LogP contribution in [0.2, 0.25) is 0 Å². The van der Waals surface area contributed by atoms with Crippen LogP contribution in [0.5, 0.6) is 0 Å². The highest BCUT2D eigenvalue weighted by atomic mass is 31.2. The molecule has 4 N–H and O–H groups in total. The van der Waals surface area contributed by atoms with Crippen LogP contribution < -0.4 is 10.6 Å². The van der Waals surface area contributed by atoms with Crippen molar-refractivity contribution >= 4 is 27.4 Å². The minimum absolute atomic E-state index is 0.536. The molecule has 6 heteroatoms. The maximum Gasteiger partial charge on any atom is 0.199 e. The normalized spacial score (nSPS) is 11.3. The van der Waals surface area contributed by atoms with E-state index >= 15 is 0 Å². The van der Waals surface area contributed by atoms with Gasteiger partial charge in [-0.2, -0.15) is 0 Å². The van der Waals surface area contributed by atoms with Crippen molar-refractivity contribution in [3.8, 4) is 33.4 Å². The highest BCUT2D eigenvalue weighted by Crippen LogP contribution is 2.29. The number of hydrogen-bond acceptors (Lipinski definition) is 4. The average molecular weight is 434 g/mol. The van der Waals surface area contributed by atoms with E-state index in [4.69, 9.17) is 0 Å². The molecule has 0 unspecified atom stereocenters. The number of rotatable bonds is 5. The number of benzene rings is 4. The van der Waals surface area contributed by atoms with Crippen molar-refractivity contribution in [1.29, 1.82) is 0 Å². The summed E-state index contributed by atoms with van der Waals surface area (Å²) < 4.78 is 0. The third-order valence-electron chi connectivity index (χ3n) is 4.97. The Balaban J connectivity index is 1.51. The van der Waals surface area contributed by atoms with E-state index in [-0.39, 0.29) is 0 Å². The van der Waals surface area contributed by atoms with E-state index in [2.05, 4.69) is 48.5 Å². The van der Waals surface area contributed by atoms with Gasteiger partial charge in [0.15, 0.2) is 16.8 Å². The average Bonchev–Trinajstić information content (AvgIpc) is 2.79. The topological polar surface area (TPSA) is 80.9 Å². The van der Waals surface area contributed by atoms with E-state index < -0.39 is 16.8 Å². The summed E-state index contributed by atoms with van der Waals surface area (Å²) >= 11 is 0. The first-order valence-electron chi connectivity index (χ1n) is 9.28. The Morgan fingerprint density at radius 2 is 0.467 bits per heavy atom. The van der Waals surface area contributed by atoms with Gasteiger partial charge in [-0.15, -0.1) is 0 Å². The molecule has 0 atom stereocenters. The number of hydrogen-bond donors (Lipinski definition) is 4. The molecule has 4 rings (SSSR count). The molecule has 0 aliphatic carbocycles. The second-order valence-electron chi connectivity index (χ2n) is 6.83. The van der Waals surface area contributed by atoms with Crippen molar-refractivity contribution in [2.45, 2.75) is 0 Å². The summed E-state index contributed by atoms with van der Waals surface area (Å²) in [5, 5.41) is 1.07. The Morgan fingerprint density at radius 1 is 0.300 bits per heavy atom. The lowest BCUT2D eigenvalue weighted by molar-refractivity contribution is 0.495. The van der Waals surface area contributed by atoms with Gasteiger partial charge in [0.25, 0.3) is 0 Å². The monoisotopic (exact) mass is 434 g/mol. The standard InChI is InChI=1S/C24H20O4P2/c25-29(26)23-13-9-21(10-14-23)19-5-1-17(2-6-19)18-3-7-20(8-4-18)22-11-15-24(16-12-22)30(27)28/h1-16,25-28H. The van der Waals surface area contributed by atoms with Gasteiger partial charge in [-0.3, -0.25) is 0 Å². The molecule has 0 fully saturated rings. The van der Waals surface area contributed by atoms with Crippen molar-refractivity contribution in [2.24, 2.45) is 0 Å². The molecule has 0 radical (unpaired) electrons. The van der Waals surface area contributed by atoms with Gasteiger partial charge in [-0.25, -0.2) is 0 Å². The minimum Gasteiger partial charge on any atom is -0.347 e. The first kappa shape index (κ1) is 20.8. The Labute approximate surface area is 177 Å². The van der Waals surface area contributed by atoms with Gasteiger partial charge >= 0.3 is 0 Å². The quantitative estimate of drug-likeness (QED) is 0.348. The lowest BCUT2D eigenvalue weighted by atomic mass is 9.98. The lowest BCUT2D eigenvalue weighted by Gasteiger charge is -2.08. The van der Waals surface area contributed by atoms with Crippen LogP contribution >= 0.6 is 16.8 Å². The van der Waals surface area contributed by atoms with Gasteiger partial charge in [-0.05, 0) is 57.6 Å².